The number of hydrogen-bond donors (Lipinski definition) is 1. The summed E-state index contributed by atoms with van der Waals surface area (Å²) in [6.45, 7) is 8.07. The molecular weight excluding hydrogens is 378 g/mol. The molecule has 1 aromatic heterocycles. The minimum absolute atomic E-state index is 0.136. The molecule has 1 N–H and O–H groups in total. The predicted molar refractivity (Wildman–Crippen MR) is 108 cm³/mol. The van der Waals surface area contributed by atoms with E-state index in [-0.39, 0.29) is 11.0 Å². The van der Waals surface area contributed by atoms with Crippen molar-refractivity contribution in [1.29, 1.82) is 0 Å². The number of hydrazone groups is 1. The van der Waals surface area contributed by atoms with Gasteiger partial charge in [-0.1, -0.05) is 0 Å². The van der Waals surface area contributed by atoms with Crippen LogP contribution in [0.15, 0.2) is 40.3 Å². The van der Waals surface area contributed by atoms with Crippen LogP contribution in [-0.2, 0) is 21.3 Å². The Bertz CT molecular complexity index is 927. The van der Waals surface area contributed by atoms with Gasteiger partial charge in [-0.15, -0.1) is 0 Å². The third kappa shape index (κ3) is 4.74. The lowest BCUT2D eigenvalue weighted by Crippen LogP contribution is -2.18. The predicted octanol–water partition coefficient (Wildman–Crippen LogP) is 3.00. The van der Waals surface area contributed by atoms with Gasteiger partial charge in [0.05, 0.1) is 23.8 Å². The third-order valence-electron chi connectivity index (χ3n) is 4.84. The minimum atomic E-state index is -3.73. The summed E-state index contributed by atoms with van der Waals surface area (Å²) in [5.74, 6) is 0.628. The van der Waals surface area contributed by atoms with Gasteiger partial charge in [0.1, 0.15) is 5.75 Å². The van der Waals surface area contributed by atoms with E-state index in [1.165, 1.54) is 12.1 Å². The van der Waals surface area contributed by atoms with Crippen LogP contribution in [0.1, 0.15) is 36.7 Å². The second-order valence-corrected chi connectivity index (χ2v) is 8.49. The molecule has 1 aliphatic heterocycles. The highest BCUT2D eigenvalue weighted by Crippen LogP contribution is 2.20. The molecule has 0 bridgehead atoms. The first-order valence-corrected chi connectivity index (χ1v) is 10.9. The van der Waals surface area contributed by atoms with E-state index in [9.17, 15) is 8.42 Å². The molecule has 152 valence electrons. The molecule has 2 aromatic rings. The number of aromatic nitrogens is 1. The topological polar surface area (TPSA) is 81.9 Å². The molecule has 1 atom stereocenters. The molecule has 0 radical (unpaired) electrons. The smallest absolute Gasteiger partial charge is 0.276 e. The number of nitrogens with one attached hydrogen (secondary N) is 1. The van der Waals surface area contributed by atoms with E-state index in [0.717, 1.165) is 42.9 Å². The number of sulfonamides is 1. The zero-order valence-corrected chi connectivity index (χ0v) is 17.3. The summed E-state index contributed by atoms with van der Waals surface area (Å²) in [6, 6.07) is 8.24. The van der Waals surface area contributed by atoms with E-state index in [2.05, 4.69) is 14.5 Å². The summed E-state index contributed by atoms with van der Waals surface area (Å²) in [5.41, 5.74) is 3.02. The van der Waals surface area contributed by atoms with Crippen molar-refractivity contribution >= 4 is 16.2 Å². The van der Waals surface area contributed by atoms with Crippen molar-refractivity contribution in [3.05, 3.63) is 47.3 Å². The Morgan fingerprint density at radius 3 is 2.71 bits per heavy atom. The van der Waals surface area contributed by atoms with Crippen molar-refractivity contribution in [2.45, 2.75) is 51.2 Å². The first kappa shape index (κ1) is 20.4. The van der Waals surface area contributed by atoms with Gasteiger partial charge in [0.25, 0.3) is 10.0 Å². The first-order valence-electron chi connectivity index (χ1n) is 9.47. The Hall–Kier alpha value is -2.32. The van der Waals surface area contributed by atoms with Gasteiger partial charge < -0.3 is 14.0 Å². The summed E-state index contributed by atoms with van der Waals surface area (Å²) in [5, 5.41) is 3.96. The van der Waals surface area contributed by atoms with Gasteiger partial charge in [0, 0.05) is 30.1 Å². The van der Waals surface area contributed by atoms with Crippen LogP contribution in [0.3, 0.4) is 0 Å². The van der Waals surface area contributed by atoms with Crippen LogP contribution >= 0.6 is 0 Å². The summed E-state index contributed by atoms with van der Waals surface area (Å²) in [4.78, 5) is 2.41. The summed E-state index contributed by atoms with van der Waals surface area (Å²) >= 11 is 0. The summed E-state index contributed by atoms with van der Waals surface area (Å²) in [7, 11) is -3.73. The fourth-order valence-corrected chi connectivity index (χ4v) is 4.12. The quantitative estimate of drug-likeness (QED) is 0.541. The van der Waals surface area contributed by atoms with Crippen molar-refractivity contribution in [3.63, 3.8) is 0 Å². The van der Waals surface area contributed by atoms with Gasteiger partial charge in [-0.3, -0.25) is 0 Å². The largest absolute Gasteiger partial charge is 0.494 e. The van der Waals surface area contributed by atoms with Crippen LogP contribution in [0.25, 0.3) is 0 Å². The molecule has 1 saturated heterocycles. The molecule has 0 amide bonds. The van der Waals surface area contributed by atoms with Gasteiger partial charge in [-0.2, -0.15) is 13.5 Å². The highest BCUT2D eigenvalue weighted by atomic mass is 32.2. The molecule has 7 nitrogen and oxygen atoms in total. The normalized spacial score (nSPS) is 17.3. The maximum atomic E-state index is 12.4. The Kier molecular flexibility index (Phi) is 6.41. The average Bonchev–Trinajstić information content (AvgIpc) is 3.27. The summed E-state index contributed by atoms with van der Waals surface area (Å²) in [6.07, 6.45) is 3.96. The number of aryl methyl sites for hydroxylation is 1. The van der Waals surface area contributed by atoms with E-state index in [1.54, 1.807) is 18.3 Å². The van der Waals surface area contributed by atoms with Gasteiger partial charge in [-0.25, -0.2) is 4.83 Å². The number of benzene rings is 1. The van der Waals surface area contributed by atoms with Crippen molar-refractivity contribution in [1.82, 2.24) is 9.40 Å². The molecule has 1 aliphatic rings. The number of nitrogens with zero attached hydrogens (tertiary/aromatic N) is 2. The fraction of sp³-hybridized carbons (Fsp3) is 0.450. The lowest BCUT2D eigenvalue weighted by atomic mass is 10.2. The molecule has 2 heterocycles. The van der Waals surface area contributed by atoms with Crippen molar-refractivity contribution < 1.29 is 17.9 Å². The van der Waals surface area contributed by atoms with E-state index in [0.29, 0.717) is 12.4 Å². The minimum Gasteiger partial charge on any atom is -0.494 e. The molecule has 3 rings (SSSR count). The van der Waals surface area contributed by atoms with Crippen LogP contribution in [-0.4, -0.2) is 38.5 Å². The maximum absolute atomic E-state index is 12.4. The highest BCUT2D eigenvalue weighted by molar-refractivity contribution is 7.89. The van der Waals surface area contributed by atoms with Crippen molar-refractivity contribution in [2.75, 3.05) is 13.2 Å². The molecule has 1 fully saturated rings. The molecule has 0 spiro atoms. The molecule has 8 heteroatoms. The van der Waals surface area contributed by atoms with Crippen LogP contribution in [0, 0.1) is 13.8 Å². The SMILES string of the molecule is CCOc1ccc(S(=O)(=O)N/N=C\c2cc(C)n(C[C@H]3CCCO3)c2C)cc1. The Morgan fingerprint density at radius 1 is 1.32 bits per heavy atom. The second kappa shape index (κ2) is 8.79. The van der Waals surface area contributed by atoms with E-state index < -0.39 is 10.0 Å². The Balaban J connectivity index is 1.68. The second-order valence-electron chi connectivity index (χ2n) is 6.83. The molecule has 0 unspecified atom stereocenters. The monoisotopic (exact) mass is 405 g/mol. The lowest BCUT2D eigenvalue weighted by Gasteiger charge is -2.14. The molecule has 28 heavy (non-hydrogen) atoms. The number of rotatable bonds is 8. The Labute approximate surface area is 166 Å². The Morgan fingerprint density at radius 2 is 2.07 bits per heavy atom. The molecule has 0 aliphatic carbocycles. The standard InChI is InChI=1S/C20H27N3O4S/c1-4-26-18-7-9-20(10-8-18)28(24,25)22-21-13-17-12-15(2)23(16(17)3)14-19-6-5-11-27-19/h7-10,12-13,19,22H,4-6,11,14H2,1-3H3/b21-13-/t19-/m1/s1. The van der Waals surface area contributed by atoms with E-state index in [4.69, 9.17) is 9.47 Å². The molecule has 0 saturated carbocycles. The number of hydrogen-bond acceptors (Lipinski definition) is 5. The summed E-state index contributed by atoms with van der Waals surface area (Å²) < 4.78 is 38.0. The zero-order chi connectivity index (χ0) is 20.1. The van der Waals surface area contributed by atoms with Gasteiger partial charge >= 0.3 is 0 Å². The molecular formula is C20H27N3O4S. The van der Waals surface area contributed by atoms with Crippen molar-refractivity contribution in [3.8, 4) is 5.75 Å². The average molecular weight is 406 g/mol. The van der Waals surface area contributed by atoms with Crippen LogP contribution < -0.4 is 9.57 Å². The van der Waals surface area contributed by atoms with Crippen LogP contribution in [0.4, 0.5) is 0 Å². The van der Waals surface area contributed by atoms with E-state index >= 15 is 0 Å². The first-order chi connectivity index (χ1) is 13.4. The van der Waals surface area contributed by atoms with Gasteiger partial charge in [0.2, 0.25) is 0 Å². The van der Waals surface area contributed by atoms with E-state index in [1.807, 2.05) is 26.8 Å². The zero-order valence-electron chi connectivity index (χ0n) is 16.5. The van der Waals surface area contributed by atoms with Crippen LogP contribution in [0.5, 0.6) is 5.75 Å². The van der Waals surface area contributed by atoms with Gasteiger partial charge in [-0.05, 0) is 63.9 Å². The van der Waals surface area contributed by atoms with Crippen molar-refractivity contribution in [2.24, 2.45) is 5.10 Å². The van der Waals surface area contributed by atoms with Crippen LogP contribution in [0.2, 0.25) is 0 Å². The molecule has 1 aromatic carbocycles. The fourth-order valence-electron chi connectivity index (χ4n) is 3.33. The maximum Gasteiger partial charge on any atom is 0.276 e. The van der Waals surface area contributed by atoms with Gasteiger partial charge in [0.15, 0.2) is 0 Å². The number of ether oxygens (including phenoxy) is 2. The third-order valence-corrected chi connectivity index (χ3v) is 6.08. The lowest BCUT2D eigenvalue weighted by molar-refractivity contribution is 0.0962. The highest BCUT2D eigenvalue weighted by Gasteiger charge is 2.18.